The molecule has 0 saturated heterocycles. The van der Waals surface area contributed by atoms with Gasteiger partial charge in [0.05, 0.1) is 22.2 Å². The summed E-state index contributed by atoms with van der Waals surface area (Å²) in [6.45, 7) is 0. The summed E-state index contributed by atoms with van der Waals surface area (Å²) in [5.41, 5.74) is 24.4. The van der Waals surface area contributed by atoms with Crippen molar-refractivity contribution in [2.75, 3.05) is 0 Å². The molecule has 0 fully saturated rings. The molecule has 0 aliphatic heterocycles. The topological polar surface area (TPSA) is 38.5 Å². The summed E-state index contributed by atoms with van der Waals surface area (Å²) in [4.78, 5) is 7.78. The van der Waals surface area contributed by atoms with Gasteiger partial charge in [-0.2, -0.15) is 0 Å². The lowest BCUT2D eigenvalue weighted by molar-refractivity contribution is 0.898. The Balaban J connectivity index is 1.01. The van der Waals surface area contributed by atoms with Crippen molar-refractivity contribution in [1.82, 2.24) is 19.1 Å². The van der Waals surface area contributed by atoms with Crippen LogP contribution in [0.15, 0.2) is 195 Å². The SMILES string of the molecule is C1=C(c2ccccc2-c2ccccc2)CCc2c1c1cc3c(cc1n2-c1cc[nH]c1)-c1cc2c(cc1CC3)c1cc(-c3ccccc3-c3ccccc3)ccc1n2-c1ccncc1. The summed E-state index contributed by atoms with van der Waals surface area (Å²) < 4.78 is 4.96. The quantitative estimate of drug-likeness (QED) is 0.179. The van der Waals surface area contributed by atoms with Crippen LogP contribution in [0.5, 0.6) is 0 Å². The minimum Gasteiger partial charge on any atom is -0.366 e. The van der Waals surface area contributed by atoms with Crippen molar-refractivity contribution < 1.29 is 0 Å². The zero-order valence-electron chi connectivity index (χ0n) is 34.7. The molecule has 0 unspecified atom stereocenters. The first-order valence-corrected chi connectivity index (χ1v) is 22.1. The van der Waals surface area contributed by atoms with Gasteiger partial charge in [0, 0.05) is 57.9 Å². The highest BCUT2D eigenvalue weighted by molar-refractivity contribution is 6.13. The summed E-state index contributed by atoms with van der Waals surface area (Å²) in [7, 11) is 0. The second kappa shape index (κ2) is 14.3. The smallest absolute Gasteiger partial charge is 0.0633 e. The third kappa shape index (κ3) is 5.72. The van der Waals surface area contributed by atoms with Gasteiger partial charge in [-0.1, -0.05) is 115 Å². The van der Waals surface area contributed by atoms with Gasteiger partial charge >= 0.3 is 0 Å². The second-order valence-corrected chi connectivity index (χ2v) is 17.1. The monoisotopic (exact) mass is 806 g/mol. The minimum absolute atomic E-state index is 0.968. The lowest BCUT2D eigenvalue weighted by Crippen LogP contribution is -2.06. The standard InChI is InChI=1S/C59H42N4/c1-3-11-38(12-4-1)46-15-7-9-17-48(46)40-21-23-56-52(31-40)54-33-42-19-20-43-34-55-53-32-41(49-18-10-8-16-47(49)39-13-5-2-6-14-39)22-24-57(53)63(45-27-30-61-37-45)59(55)36-51(43)50(42)35-58(54)62(56)44-25-28-60-29-26-44/h1-18,21,23,25-37,61H,19-20,22,24H2. The van der Waals surface area contributed by atoms with E-state index < -0.39 is 0 Å². The Bertz CT molecular complexity index is 3590. The van der Waals surface area contributed by atoms with Gasteiger partial charge in [0.2, 0.25) is 0 Å². The molecule has 11 aromatic rings. The molecule has 2 aliphatic carbocycles. The molecule has 4 heterocycles. The van der Waals surface area contributed by atoms with Crippen LogP contribution in [0, 0.1) is 0 Å². The molecule has 0 bridgehead atoms. The molecule has 4 nitrogen and oxygen atoms in total. The number of pyridine rings is 1. The Hall–Kier alpha value is -7.95. The Morgan fingerprint density at radius 1 is 0.413 bits per heavy atom. The van der Waals surface area contributed by atoms with E-state index in [-0.39, 0.29) is 0 Å². The van der Waals surface area contributed by atoms with Gasteiger partial charge in [-0.25, -0.2) is 0 Å². The Morgan fingerprint density at radius 3 is 1.67 bits per heavy atom. The number of fused-ring (bicyclic) bond motifs is 9. The van der Waals surface area contributed by atoms with E-state index in [0.717, 1.165) is 31.4 Å². The molecule has 4 heteroatoms. The fraction of sp³-hybridized carbons (Fsp3) is 0.0678. The van der Waals surface area contributed by atoms with Gasteiger partial charge in [0.15, 0.2) is 0 Å². The summed E-state index contributed by atoms with van der Waals surface area (Å²) >= 11 is 0. The molecule has 0 amide bonds. The van der Waals surface area contributed by atoms with Crippen LogP contribution in [0.4, 0.5) is 0 Å². The van der Waals surface area contributed by atoms with Crippen molar-refractivity contribution in [3.63, 3.8) is 0 Å². The lowest BCUT2D eigenvalue weighted by Gasteiger charge is -2.21. The van der Waals surface area contributed by atoms with Crippen molar-refractivity contribution >= 4 is 44.4 Å². The summed E-state index contributed by atoms with van der Waals surface area (Å²) in [6, 6.07) is 62.8. The molecule has 63 heavy (non-hydrogen) atoms. The maximum Gasteiger partial charge on any atom is 0.0633 e. The third-order valence-electron chi connectivity index (χ3n) is 13.7. The number of aryl methyl sites for hydroxylation is 2. The molecule has 1 N–H and O–H groups in total. The predicted molar refractivity (Wildman–Crippen MR) is 262 cm³/mol. The number of H-pyrrole nitrogens is 1. The van der Waals surface area contributed by atoms with Crippen molar-refractivity contribution in [3.05, 3.63) is 223 Å². The van der Waals surface area contributed by atoms with E-state index >= 15 is 0 Å². The number of nitrogens with zero attached hydrogens (tertiary/aromatic N) is 3. The number of nitrogens with one attached hydrogen (secondary N) is 1. The largest absolute Gasteiger partial charge is 0.366 e. The van der Waals surface area contributed by atoms with Gasteiger partial charge in [-0.15, -0.1) is 0 Å². The molecule has 0 radical (unpaired) electrons. The molecular weight excluding hydrogens is 765 g/mol. The Labute approximate surface area is 366 Å². The number of aromatic nitrogens is 4. The normalized spacial score (nSPS) is 13.2. The Morgan fingerprint density at radius 2 is 1.00 bits per heavy atom. The minimum atomic E-state index is 0.968. The maximum atomic E-state index is 4.41. The van der Waals surface area contributed by atoms with E-state index in [1.54, 1.807) is 0 Å². The van der Waals surface area contributed by atoms with Gasteiger partial charge in [0.1, 0.15) is 0 Å². The van der Waals surface area contributed by atoms with Crippen LogP contribution < -0.4 is 0 Å². The molecule has 0 saturated carbocycles. The first kappa shape index (κ1) is 35.8. The van der Waals surface area contributed by atoms with Gasteiger partial charge in [0.25, 0.3) is 0 Å². The van der Waals surface area contributed by atoms with E-state index in [2.05, 4.69) is 201 Å². The van der Waals surface area contributed by atoms with E-state index in [0.29, 0.717) is 0 Å². The Kier molecular flexibility index (Phi) is 8.13. The molecule has 7 aromatic carbocycles. The number of hydrogen-bond donors (Lipinski definition) is 1. The number of rotatable bonds is 6. The number of hydrogen-bond acceptors (Lipinski definition) is 1. The third-order valence-corrected chi connectivity index (χ3v) is 13.7. The maximum absolute atomic E-state index is 4.41. The zero-order valence-corrected chi connectivity index (χ0v) is 34.7. The van der Waals surface area contributed by atoms with Crippen LogP contribution in [0.3, 0.4) is 0 Å². The molecular formula is C59H42N4. The molecule has 298 valence electrons. The van der Waals surface area contributed by atoms with Crippen LogP contribution in [-0.4, -0.2) is 19.1 Å². The molecule has 2 aliphatic rings. The van der Waals surface area contributed by atoms with Crippen LogP contribution in [0.1, 0.15) is 34.4 Å². The first-order chi connectivity index (χ1) is 31.2. The van der Waals surface area contributed by atoms with Crippen molar-refractivity contribution in [2.24, 2.45) is 0 Å². The van der Waals surface area contributed by atoms with Crippen molar-refractivity contribution in [3.8, 4) is 55.9 Å². The highest BCUT2D eigenvalue weighted by atomic mass is 15.0. The lowest BCUT2D eigenvalue weighted by atomic mass is 9.83. The van der Waals surface area contributed by atoms with Crippen LogP contribution in [0.2, 0.25) is 0 Å². The van der Waals surface area contributed by atoms with E-state index in [4.69, 9.17) is 0 Å². The number of aromatic amines is 1. The summed E-state index contributed by atoms with van der Waals surface area (Å²) in [5.74, 6) is 0. The fourth-order valence-electron chi connectivity index (χ4n) is 10.8. The van der Waals surface area contributed by atoms with Crippen molar-refractivity contribution in [2.45, 2.75) is 25.7 Å². The molecule has 0 spiro atoms. The van der Waals surface area contributed by atoms with Gasteiger partial charge in [-0.3, -0.25) is 4.98 Å². The molecule has 4 aromatic heterocycles. The predicted octanol–water partition coefficient (Wildman–Crippen LogP) is 14.7. The fourth-order valence-corrected chi connectivity index (χ4v) is 10.8. The van der Waals surface area contributed by atoms with E-state index in [1.807, 2.05) is 18.6 Å². The highest BCUT2D eigenvalue weighted by Gasteiger charge is 2.27. The van der Waals surface area contributed by atoms with Gasteiger partial charge < -0.3 is 14.1 Å². The van der Waals surface area contributed by atoms with E-state index in [9.17, 15) is 0 Å². The molecule has 13 rings (SSSR count). The molecule has 0 atom stereocenters. The van der Waals surface area contributed by atoms with Crippen LogP contribution >= 0.6 is 0 Å². The first-order valence-electron chi connectivity index (χ1n) is 22.1. The number of allylic oxidation sites excluding steroid dienone is 1. The average Bonchev–Trinajstić information content (AvgIpc) is 4.08. The summed E-state index contributed by atoms with van der Waals surface area (Å²) in [5, 5.41) is 3.87. The van der Waals surface area contributed by atoms with Crippen LogP contribution in [0.25, 0.3) is 100 Å². The van der Waals surface area contributed by atoms with E-state index in [1.165, 1.54) is 116 Å². The van der Waals surface area contributed by atoms with Gasteiger partial charge in [-0.05, 0) is 153 Å². The zero-order chi connectivity index (χ0) is 41.4. The average molecular weight is 807 g/mol. The highest BCUT2D eigenvalue weighted by Crippen LogP contribution is 2.47. The summed E-state index contributed by atoms with van der Waals surface area (Å²) in [6.07, 6.45) is 14.4. The second-order valence-electron chi connectivity index (χ2n) is 17.1. The van der Waals surface area contributed by atoms with Crippen LogP contribution in [-0.2, 0) is 19.3 Å². The number of benzene rings is 7. The van der Waals surface area contributed by atoms with Crippen molar-refractivity contribution in [1.29, 1.82) is 0 Å².